The van der Waals surface area contributed by atoms with Crippen molar-refractivity contribution in [3.8, 4) is 5.75 Å². The molecule has 3 aromatic rings. The molecule has 162 valence electrons. The molecular weight excluding hydrogens is 511 g/mol. The van der Waals surface area contributed by atoms with Crippen molar-refractivity contribution in [3.05, 3.63) is 64.5 Å². The Morgan fingerprint density at radius 2 is 2.00 bits per heavy atom. The number of hydrogen-bond donors (Lipinski definition) is 2. The summed E-state index contributed by atoms with van der Waals surface area (Å²) in [4.78, 5) is 9.20. The SMILES string of the molecule is Cc1nc(CCNC(=NCCc2ccco2)Nc2ccc(OC(C)C)cc2)cs1.I. The van der Waals surface area contributed by atoms with E-state index in [2.05, 4.69) is 26.0 Å². The molecule has 0 radical (unpaired) electrons. The summed E-state index contributed by atoms with van der Waals surface area (Å²) in [6.45, 7) is 7.45. The maximum absolute atomic E-state index is 5.71. The molecule has 2 aromatic heterocycles. The molecule has 8 heteroatoms. The standard InChI is InChI=1S/C22H28N4O2S.HI/c1-16(2)28-21-8-6-18(7-9-21)26-22(24-13-11-20-5-4-14-27-20)23-12-10-19-15-29-17(3)25-19;/h4-9,14-16H,10-13H2,1-3H3,(H2,23,24,26);1H. The number of thiazole rings is 1. The number of aliphatic imine (C=N–C) groups is 1. The minimum Gasteiger partial charge on any atom is -0.491 e. The second-order valence-corrected chi connectivity index (χ2v) is 7.97. The van der Waals surface area contributed by atoms with Crippen molar-refractivity contribution in [2.75, 3.05) is 18.4 Å². The van der Waals surface area contributed by atoms with Crippen LogP contribution in [-0.4, -0.2) is 30.1 Å². The highest BCUT2D eigenvalue weighted by Crippen LogP contribution is 2.17. The van der Waals surface area contributed by atoms with Gasteiger partial charge in [-0.2, -0.15) is 0 Å². The van der Waals surface area contributed by atoms with E-state index in [0.29, 0.717) is 6.54 Å². The third-order valence-electron chi connectivity index (χ3n) is 4.04. The van der Waals surface area contributed by atoms with Gasteiger partial charge in [-0.05, 0) is 57.2 Å². The molecule has 3 rings (SSSR count). The molecule has 0 aliphatic rings. The topological polar surface area (TPSA) is 71.7 Å². The number of hydrogen-bond acceptors (Lipinski definition) is 5. The van der Waals surface area contributed by atoms with E-state index in [4.69, 9.17) is 9.15 Å². The fourth-order valence-corrected chi connectivity index (χ4v) is 3.38. The van der Waals surface area contributed by atoms with Crippen LogP contribution in [0.4, 0.5) is 5.69 Å². The first-order chi connectivity index (χ1) is 14.1. The van der Waals surface area contributed by atoms with E-state index in [-0.39, 0.29) is 30.1 Å². The number of guanidine groups is 1. The smallest absolute Gasteiger partial charge is 0.195 e. The summed E-state index contributed by atoms with van der Waals surface area (Å²) in [6, 6.07) is 11.8. The number of benzene rings is 1. The number of halogens is 1. The van der Waals surface area contributed by atoms with Crippen LogP contribution in [0.1, 0.15) is 30.3 Å². The lowest BCUT2D eigenvalue weighted by molar-refractivity contribution is 0.242. The summed E-state index contributed by atoms with van der Waals surface area (Å²) in [7, 11) is 0. The summed E-state index contributed by atoms with van der Waals surface area (Å²) in [5.41, 5.74) is 2.06. The van der Waals surface area contributed by atoms with Gasteiger partial charge in [0.15, 0.2) is 5.96 Å². The number of aromatic nitrogens is 1. The number of nitrogens with zero attached hydrogens (tertiary/aromatic N) is 2. The summed E-state index contributed by atoms with van der Waals surface area (Å²) < 4.78 is 11.1. The van der Waals surface area contributed by atoms with Gasteiger partial charge in [0.2, 0.25) is 0 Å². The van der Waals surface area contributed by atoms with Gasteiger partial charge < -0.3 is 19.8 Å². The van der Waals surface area contributed by atoms with Gasteiger partial charge in [-0.3, -0.25) is 4.99 Å². The number of furan rings is 1. The molecule has 0 amide bonds. The first-order valence-electron chi connectivity index (χ1n) is 9.84. The van der Waals surface area contributed by atoms with E-state index in [9.17, 15) is 0 Å². The van der Waals surface area contributed by atoms with E-state index in [1.165, 1.54) is 0 Å². The minimum atomic E-state index is 0. The summed E-state index contributed by atoms with van der Waals surface area (Å²) in [6.07, 6.45) is 3.45. The molecule has 0 aliphatic carbocycles. The van der Waals surface area contributed by atoms with Crippen LogP contribution in [-0.2, 0) is 12.8 Å². The van der Waals surface area contributed by atoms with Crippen LogP contribution in [0.2, 0.25) is 0 Å². The predicted octanol–water partition coefficient (Wildman–Crippen LogP) is 5.29. The lowest BCUT2D eigenvalue weighted by atomic mass is 10.3. The van der Waals surface area contributed by atoms with E-state index in [1.54, 1.807) is 17.6 Å². The van der Waals surface area contributed by atoms with Crippen molar-refractivity contribution in [3.63, 3.8) is 0 Å². The predicted molar refractivity (Wildman–Crippen MR) is 135 cm³/mol. The molecule has 2 heterocycles. The van der Waals surface area contributed by atoms with E-state index >= 15 is 0 Å². The van der Waals surface area contributed by atoms with Crippen LogP contribution in [0.25, 0.3) is 0 Å². The van der Waals surface area contributed by atoms with Gasteiger partial charge in [0.1, 0.15) is 11.5 Å². The van der Waals surface area contributed by atoms with Crippen molar-refractivity contribution in [2.45, 2.75) is 39.7 Å². The molecule has 0 saturated carbocycles. The lowest BCUT2D eigenvalue weighted by Crippen LogP contribution is -2.32. The molecule has 30 heavy (non-hydrogen) atoms. The highest BCUT2D eigenvalue weighted by molar-refractivity contribution is 14.0. The van der Waals surface area contributed by atoms with Crippen LogP contribution in [0.5, 0.6) is 5.75 Å². The average Bonchev–Trinajstić information content (AvgIpc) is 3.34. The number of nitrogens with one attached hydrogen (secondary N) is 2. The van der Waals surface area contributed by atoms with Gasteiger partial charge >= 0.3 is 0 Å². The molecule has 0 saturated heterocycles. The van der Waals surface area contributed by atoms with Crippen LogP contribution in [0.15, 0.2) is 57.5 Å². The molecule has 0 aliphatic heterocycles. The van der Waals surface area contributed by atoms with Gasteiger partial charge in [0.05, 0.1) is 23.1 Å². The zero-order valence-electron chi connectivity index (χ0n) is 17.6. The van der Waals surface area contributed by atoms with E-state index in [0.717, 1.165) is 53.2 Å². The molecule has 0 spiro atoms. The molecule has 0 atom stereocenters. The van der Waals surface area contributed by atoms with Crippen molar-refractivity contribution < 1.29 is 9.15 Å². The average molecular weight is 540 g/mol. The lowest BCUT2D eigenvalue weighted by Gasteiger charge is -2.14. The van der Waals surface area contributed by atoms with Gasteiger partial charge in [-0.15, -0.1) is 35.3 Å². The Labute approximate surface area is 199 Å². The zero-order valence-corrected chi connectivity index (χ0v) is 20.7. The van der Waals surface area contributed by atoms with Crippen LogP contribution in [0, 0.1) is 6.92 Å². The summed E-state index contributed by atoms with van der Waals surface area (Å²) in [5, 5.41) is 9.96. The molecule has 1 aromatic carbocycles. The number of rotatable bonds is 9. The normalized spacial score (nSPS) is 11.3. The molecule has 0 bridgehead atoms. The maximum atomic E-state index is 5.71. The molecular formula is C22H29IN4O2S. The van der Waals surface area contributed by atoms with Gasteiger partial charge in [0, 0.05) is 37.0 Å². The number of aryl methyl sites for hydroxylation is 1. The Bertz CT molecular complexity index is 892. The highest BCUT2D eigenvalue weighted by Gasteiger charge is 2.04. The Hall–Kier alpha value is -2.07. The van der Waals surface area contributed by atoms with Crippen LogP contribution in [0.3, 0.4) is 0 Å². The van der Waals surface area contributed by atoms with Crippen LogP contribution < -0.4 is 15.4 Å². The molecule has 6 nitrogen and oxygen atoms in total. The monoisotopic (exact) mass is 540 g/mol. The van der Waals surface area contributed by atoms with Crippen LogP contribution >= 0.6 is 35.3 Å². The van der Waals surface area contributed by atoms with Gasteiger partial charge in [-0.1, -0.05) is 0 Å². The quantitative estimate of drug-likeness (QED) is 0.219. The fraction of sp³-hybridized carbons (Fsp3) is 0.364. The Morgan fingerprint density at radius 3 is 2.63 bits per heavy atom. The third-order valence-corrected chi connectivity index (χ3v) is 4.86. The van der Waals surface area contributed by atoms with Crippen molar-refractivity contribution in [1.29, 1.82) is 0 Å². The molecule has 2 N–H and O–H groups in total. The highest BCUT2D eigenvalue weighted by atomic mass is 127. The third kappa shape index (κ3) is 8.35. The van der Waals surface area contributed by atoms with Gasteiger partial charge in [-0.25, -0.2) is 4.98 Å². The largest absolute Gasteiger partial charge is 0.491 e. The van der Waals surface area contributed by atoms with Gasteiger partial charge in [0.25, 0.3) is 0 Å². The first-order valence-corrected chi connectivity index (χ1v) is 10.7. The molecule has 0 unspecified atom stereocenters. The molecule has 0 fully saturated rings. The second kappa shape index (κ2) is 12.6. The maximum Gasteiger partial charge on any atom is 0.195 e. The summed E-state index contributed by atoms with van der Waals surface area (Å²) >= 11 is 1.68. The first kappa shape index (κ1) is 24.2. The Kier molecular flexibility index (Phi) is 10.2. The minimum absolute atomic E-state index is 0. The van der Waals surface area contributed by atoms with Crippen molar-refractivity contribution in [2.24, 2.45) is 4.99 Å². The van der Waals surface area contributed by atoms with Crippen molar-refractivity contribution in [1.82, 2.24) is 10.3 Å². The Balaban J connectivity index is 0.00000320. The fourth-order valence-electron chi connectivity index (χ4n) is 2.73. The summed E-state index contributed by atoms with van der Waals surface area (Å²) in [5.74, 6) is 2.52. The second-order valence-electron chi connectivity index (χ2n) is 6.91. The van der Waals surface area contributed by atoms with E-state index in [1.807, 2.05) is 57.2 Å². The van der Waals surface area contributed by atoms with Crippen molar-refractivity contribution >= 4 is 47.0 Å². The zero-order chi connectivity index (χ0) is 20.5. The number of ether oxygens (including phenoxy) is 1. The number of anilines is 1. The Morgan fingerprint density at radius 1 is 1.20 bits per heavy atom. The van der Waals surface area contributed by atoms with E-state index < -0.39 is 0 Å².